The number of rotatable bonds is 5. The molecule has 0 atom stereocenters. The standard InChI is InChI=1S/C17H14ClN3O2S/c1-23-16-12(3-2-8-19-16)9-20-15(22)14-10-24-17(21-14)11-4-6-13(18)7-5-11/h2-8,10H,9H2,1H3,(H,20,22). The van der Waals surface area contributed by atoms with Crippen LogP contribution in [0, 0.1) is 0 Å². The number of thiazole rings is 1. The fourth-order valence-electron chi connectivity index (χ4n) is 2.11. The third kappa shape index (κ3) is 3.72. The molecule has 0 bridgehead atoms. The van der Waals surface area contributed by atoms with E-state index in [1.807, 2.05) is 18.2 Å². The van der Waals surface area contributed by atoms with E-state index in [1.165, 1.54) is 11.3 Å². The van der Waals surface area contributed by atoms with Gasteiger partial charge in [0, 0.05) is 34.3 Å². The maximum atomic E-state index is 12.3. The van der Waals surface area contributed by atoms with Crippen molar-refractivity contribution in [1.82, 2.24) is 15.3 Å². The summed E-state index contributed by atoms with van der Waals surface area (Å²) in [5, 5.41) is 6.00. The largest absolute Gasteiger partial charge is 0.481 e. The maximum Gasteiger partial charge on any atom is 0.271 e. The number of amides is 1. The zero-order valence-corrected chi connectivity index (χ0v) is 14.4. The summed E-state index contributed by atoms with van der Waals surface area (Å²) in [5.41, 5.74) is 2.12. The number of hydrogen-bond acceptors (Lipinski definition) is 5. The van der Waals surface area contributed by atoms with Crippen molar-refractivity contribution in [1.29, 1.82) is 0 Å². The third-order valence-electron chi connectivity index (χ3n) is 3.31. The molecule has 0 aliphatic heterocycles. The van der Waals surface area contributed by atoms with E-state index in [-0.39, 0.29) is 5.91 Å². The highest BCUT2D eigenvalue weighted by molar-refractivity contribution is 7.13. The quantitative estimate of drug-likeness (QED) is 0.752. The van der Waals surface area contributed by atoms with Gasteiger partial charge in [-0.25, -0.2) is 9.97 Å². The van der Waals surface area contributed by atoms with Crippen molar-refractivity contribution >= 4 is 28.8 Å². The van der Waals surface area contributed by atoms with Crippen LogP contribution in [0.4, 0.5) is 0 Å². The molecule has 0 saturated heterocycles. The van der Waals surface area contributed by atoms with Gasteiger partial charge in [0.05, 0.1) is 7.11 Å². The van der Waals surface area contributed by atoms with Crippen LogP contribution in [0.3, 0.4) is 0 Å². The molecule has 3 aromatic rings. The molecule has 5 nitrogen and oxygen atoms in total. The van der Waals surface area contributed by atoms with Crippen molar-refractivity contribution in [3.05, 3.63) is 64.3 Å². The van der Waals surface area contributed by atoms with Crippen LogP contribution in [0.2, 0.25) is 5.02 Å². The van der Waals surface area contributed by atoms with Gasteiger partial charge in [0.1, 0.15) is 10.7 Å². The molecule has 122 valence electrons. The highest BCUT2D eigenvalue weighted by Crippen LogP contribution is 2.25. The zero-order valence-electron chi connectivity index (χ0n) is 12.8. The van der Waals surface area contributed by atoms with Crippen molar-refractivity contribution in [2.45, 2.75) is 6.54 Å². The first kappa shape index (κ1) is 16.4. The lowest BCUT2D eigenvalue weighted by Crippen LogP contribution is -2.23. The summed E-state index contributed by atoms with van der Waals surface area (Å²) in [6, 6.07) is 11.0. The van der Waals surface area contributed by atoms with E-state index < -0.39 is 0 Å². The first-order valence-corrected chi connectivity index (χ1v) is 8.40. The fourth-order valence-corrected chi connectivity index (χ4v) is 3.04. The van der Waals surface area contributed by atoms with Crippen molar-refractivity contribution in [2.24, 2.45) is 0 Å². The van der Waals surface area contributed by atoms with Gasteiger partial charge in [0.25, 0.3) is 5.91 Å². The number of halogens is 1. The lowest BCUT2D eigenvalue weighted by Gasteiger charge is -2.07. The molecule has 7 heteroatoms. The van der Waals surface area contributed by atoms with Crippen LogP contribution >= 0.6 is 22.9 Å². The molecule has 3 rings (SSSR count). The third-order valence-corrected chi connectivity index (χ3v) is 4.45. The molecule has 0 spiro atoms. The summed E-state index contributed by atoms with van der Waals surface area (Å²) in [6.07, 6.45) is 1.64. The molecule has 0 fully saturated rings. The summed E-state index contributed by atoms with van der Waals surface area (Å²) in [5.74, 6) is 0.260. The van der Waals surface area contributed by atoms with E-state index in [9.17, 15) is 4.79 Å². The number of methoxy groups -OCH3 is 1. The first-order valence-electron chi connectivity index (χ1n) is 7.15. The van der Waals surface area contributed by atoms with E-state index in [2.05, 4.69) is 15.3 Å². The summed E-state index contributed by atoms with van der Waals surface area (Å²) >= 11 is 7.30. The second-order valence-electron chi connectivity index (χ2n) is 4.90. The molecule has 2 aromatic heterocycles. The number of ether oxygens (including phenoxy) is 1. The number of nitrogens with zero attached hydrogens (tertiary/aromatic N) is 2. The topological polar surface area (TPSA) is 64.1 Å². The monoisotopic (exact) mass is 359 g/mol. The average molecular weight is 360 g/mol. The van der Waals surface area contributed by atoms with Crippen LogP contribution in [-0.2, 0) is 6.54 Å². The van der Waals surface area contributed by atoms with Crippen LogP contribution in [-0.4, -0.2) is 23.0 Å². The number of carbonyl (C=O) groups is 1. The molecule has 1 amide bonds. The van der Waals surface area contributed by atoms with Crippen molar-refractivity contribution < 1.29 is 9.53 Å². The Morgan fingerprint density at radius 1 is 1.29 bits per heavy atom. The number of pyridine rings is 1. The second-order valence-corrected chi connectivity index (χ2v) is 6.19. The fraction of sp³-hybridized carbons (Fsp3) is 0.118. The molecule has 2 heterocycles. The van der Waals surface area contributed by atoms with Crippen molar-refractivity contribution in [2.75, 3.05) is 7.11 Å². The summed E-state index contributed by atoms with van der Waals surface area (Å²) in [6.45, 7) is 0.323. The molecule has 1 N–H and O–H groups in total. The SMILES string of the molecule is COc1ncccc1CNC(=O)c1csc(-c2ccc(Cl)cc2)n1. The molecule has 0 radical (unpaired) electrons. The van der Waals surface area contributed by atoms with Crippen molar-refractivity contribution in [3.63, 3.8) is 0 Å². The molecular weight excluding hydrogens is 346 g/mol. The minimum absolute atomic E-state index is 0.239. The highest BCUT2D eigenvalue weighted by atomic mass is 35.5. The van der Waals surface area contributed by atoms with Gasteiger partial charge in [-0.15, -0.1) is 11.3 Å². The van der Waals surface area contributed by atoms with Gasteiger partial charge in [0.2, 0.25) is 5.88 Å². The Hall–Kier alpha value is -2.44. The number of aromatic nitrogens is 2. The van der Waals surface area contributed by atoms with Gasteiger partial charge in [-0.05, 0) is 18.2 Å². The molecule has 24 heavy (non-hydrogen) atoms. The minimum Gasteiger partial charge on any atom is -0.481 e. The Morgan fingerprint density at radius 3 is 2.83 bits per heavy atom. The van der Waals surface area contributed by atoms with Gasteiger partial charge in [-0.1, -0.05) is 29.8 Å². The summed E-state index contributed by atoms with van der Waals surface area (Å²) < 4.78 is 5.17. The van der Waals surface area contributed by atoms with Crippen LogP contribution in [0.25, 0.3) is 10.6 Å². The number of benzene rings is 1. The Bertz CT molecular complexity index is 849. The molecule has 1 aromatic carbocycles. The van der Waals surface area contributed by atoms with E-state index >= 15 is 0 Å². The predicted molar refractivity (Wildman–Crippen MR) is 94.5 cm³/mol. The highest BCUT2D eigenvalue weighted by Gasteiger charge is 2.13. The van der Waals surface area contributed by atoms with Gasteiger partial charge < -0.3 is 10.1 Å². The summed E-state index contributed by atoms with van der Waals surface area (Å²) in [7, 11) is 1.55. The Balaban J connectivity index is 1.69. The molecular formula is C17H14ClN3O2S. The maximum absolute atomic E-state index is 12.3. The number of hydrogen-bond donors (Lipinski definition) is 1. The molecule has 0 aliphatic carbocycles. The average Bonchev–Trinajstić information content (AvgIpc) is 3.10. The van der Waals surface area contributed by atoms with Gasteiger partial charge in [0.15, 0.2) is 0 Å². The number of nitrogens with one attached hydrogen (secondary N) is 1. The molecule has 0 unspecified atom stereocenters. The van der Waals surface area contributed by atoms with Crippen molar-refractivity contribution in [3.8, 4) is 16.5 Å². The first-order chi connectivity index (χ1) is 11.7. The normalized spacial score (nSPS) is 10.4. The van der Waals surface area contributed by atoms with Crippen LogP contribution in [0.15, 0.2) is 48.0 Å². The van der Waals surface area contributed by atoms with E-state index in [0.29, 0.717) is 23.1 Å². The van der Waals surface area contributed by atoms with E-state index in [4.69, 9.17) is 16.3 Å². The van der Waals surface area contributed by atoms with Gasteiger partial charge >= 0.3 is 0 Å². The smallest absolute Gasteiger partial charge is 0.271 e. The van der Waals surface area contributed by atoms with Gasteiger partial charge in [-0.2, -0.15) is 0 Å². The Kier molecular flexibility index (Phi) is 5.08. The summed E-state index contributed by atoms with van der Waals surface area (Å²) in [4.78, 5) is 20.7. The van der Waals surface area contributed by atoms with Crippen LogP contribution in [0.1, 0.15) is 16.1 Å². The Labute approximate surface area is 148 Å². The lowest BCUT2D eigenvalue weighted by atomic mass is 10.2. The zero-order chi connectivity index (χ0) is 16.9. The predicted octanol–water partition coefficient (Wildman–Crippen LogP) is 3.80. The van der Waals surface area contributed by atoms with Gasteiger partial charge in [-0.3, -0.25) is 4.79 Å². The molecule has 0 aliphatic rings. The number of carbonyl (C=O) groups excluding carboxylic acids is 1. The second kappa shape index (κ2) is 7.42. The minimum atomic E-state index is -0.239. The van der Waals surface area contributed by atoms with E-state index in [1.54, 1.807) is 36.9 Å². The lowest BCUT2D eigenvalue weighted by molar-refractivity contribution is 0.0946. The van der Waals surface area contributed by atoms with Crippen LogP contribution < -0.4 is 10.1 Å². The van der Waals surface area contributed by atoms with Crippen LogP contribution in [0.5, 0.6) is 5.88 Å². The Morgan fingerprint density at radius 2 is 2.08 bits per heavy atom. The van der Waals surface area contributed by atoms with E-state index in [0.717, 1.165) is 16.1 Å². The molecule has 0 saturated carbocycles.